The van der Waals surface area contributed by atoms with Crippen molar-refractivity contribution in [3.63, 3.8) is 0 Å². The Hall–Kier alpha value is -1.15. The van der Waals surface area contributed by atoms with Crippen LogP contribution in [0.2, 0.25) is 5.02 Å². The number of non-ortho nitro benzene ring substituents is 1. The molecular formula is C13H10BrClN2O3S. The first-order chi connectivity index (χ1) is 9.98. The van der Waals surface area contributed by atoms with E-state index in [1.807, 2.05) is 11.4 Å². The molecule has 0 atom stereocenters. The van der Waals surface area contributed by atoms with Gasteiger partial charge in [-0.15, -0.1) is 11.3 Å². The molecule has 0 aliphatic carbocycles. The summed E-state index contributed by atoms with van der Waals surface area (Å²) in [5.41, 5.74) is 0.227. The second kappa shape index (κ2) is 5.57. The number of benzene rings is 1. The summed E-state index contributed by atoms with van der Waals surface area (Å²) in [6, 6.07) is 6.52. The van der Waals surface area contributed by atoms with Crippen LogP contribution in [0.4, 0.5) is 11.4 Å². The Labute approximate surface area is 138 Å². The number of nitrogens with one attached hydrogen (secondary N) is 1. The van der Waals surface area contributed by atoms with E-state index in [2.05, 4.69) is 21.2 Å². The Morgan fingerprint density at radius 2 is 2.14 bits per heavy atom. The van der Waals surface area contributed by atoms with Crippen molar-refractivity contribution < 1.29 is 9.66 Å². The lowest BCUT2D eigenvalue weighted by molar-refractivity contribution is -0.384. The van der Waals surface area contributed by atoms with Crippen molar-refractivity contribution in [2.24, 2.45) is 0 Å². The molecule has 0 unspecified atom stereocenters. The standard InChI is InChI=1S/C13H10BrClN2O3S/c14-8-1-12(21-5-8)13(6-20-7-13)16-10-2-9(15)3-11(4-10)17(18)19/h1-5,16H,6-7H2. The number of anilines is 1. The topological polar surface area (TPSA) is 64.4 Å². The van der Waals surface area contributed by atoms with Gasteiger partial charge in [-0.2, -0.15) is 0 Å². The monoisotopic (exact) mass is 388 g/mol. The zero-order chi connectivity index (χ0) is 15.0. The third kappa shape index (κ3) is 2.91. The van der Waals surface area contributed by atoms with Crippen LogP contribution in [-0.2, 0) is 10.3 Å². The first kappa shape index (κ1) is 14.8. The molecular weight excluding hydrogens is 380 g/mol. The number of hydrogen-bond donors (Lipinski definition) is 1. The summed E-state index contributed by atoms with van der Waals surface area (Å²) in [5, 5.41) is 16.6. The van der Waals surface area contributed by atoms with Gasteiger partial charge in [0.15, 0.2) is 0 Å². The van der Waals surface area contributed by atoms with Crippen LogP contribution in [0.3, 0.4) is 0 Å². The second-order valence-corrected chi connectivity index (χ2v) is 7.05. The minimum absolute atomic E-state index is 0.0345. The summed E-state index contributed by atoms with van der Waals surface area (Å²) in [6.45, 7) is 1.03. The maximum Gasteiger partial charge on any atom is 0.272 e. The number of hydrogen-bond acceptors (Lipinski definition) is 5. The van der Waals surface area contributed by atoms with Crippen LogP contribution in [0.5, 0.6) is 0 Å². The normalized spacial score (nSPS) is 16.3. The molecule has 2 aromatic rings. The Kier molecular flexibility index (Phi) is 3.92. The van der Waals surface area contributed by atoms with E-state index in [0.717, 1.165) is 9.35 Å². The van der Waals surface area contributed by atoms with Crippen LogP contribution in [-0.4, -0.2) is 18.1 Å². The Bertz CT molecular complexity index is 702. The van der Waals surface area contributed by atoms with Crippen LogP contribution < -0.4 is 5.32 Å². The highest BCUT2D eigenvalue weighted by molar-refractivity contribution is 9.10. The van der Waals surface area contributed by atoms with Crippen LogP contribution in [0.15, 0.2) is 34.1 Å². The van der Waals surface area contributed by atoms with E-state index in [0.29, 0.717) is 23.9 Å². The molecule has 0 amide bonds. The minimum atomic E-state index is -0.456. The van der Waals surface area contributed by atoms with Crippen LogP contribution in [0.25, 0.3) is 0 Å². The molecule has 0 spiro atoms. The van der Waals surface area contributed by atoms with Crippen LogP contribution >= 0.6 is 38.9 Å². The van der Waals surface area contributed by atoms with Gasteiger partial charge in [-0.3, -0.25) is 10.1 Å². The number of rotatable bonds is 4. The molecule has 3 rings (SSSR count). The van der Waals surface area contributed by atoms with Gasteiger partial charge in [0.1, 0.15) is 5.54 Å². The summed E-state index contributed by atoms with van der Waals surface area (Å²) in [5.74, 6) is 0. The van der Waals surface area contributed by atoms with Crippen LogP contribution in [0.1, 0.15) is 4.88 Å². The minimum Gasteiger partial charge on any atom is -0.376 e. The molecule has 1 N–H and O–H groups in total. The molecule has 1 fully saturated rings. The van der Waals surface area contributed by atoms with Gasteiger partial charge in [0.25, 0.3) is 5.69 Å². The average molecular weight is 390 g/mol. The molecule has 0 radical (unpaired) electrons. The molecule has 1 saturated heterocycles. The zero-order valence-electron chi connectivity index (χ0n) is 10.6. The number of halogens is 2. The lowest BCUT2D eigenvalue weighted by atomic mass is 9.94. The predicted molar refractivity (Wildman–Crippen MR) is 86.2 cm³/mol. The Morgan fingerprint density at radius 1 is 1.38 bits per heavy atom. The predicted octanol–water partition coefficient (Wildman–Crippen LogP) is 4.41. The SMILES string of the molecule is O=[N+]([O-])c1cc(Cl)cc(NC2(c3cc(Br)cs3)COC2)c1. The molecule has 1 aliphatic rings. The Morgan fingerprint density at radius 3 is 2.67 bits per heavy atom. The smallest absolute Gasteiger partial charge is 0.272 e. The van der Waals surface area contributed by atoms with Gasteiger partial charge in [-0.1, -0.05) is 11.6 Å². The molecule has 0 bridgehead atoms. The van der Waals surface area contributed by atoms with Gasteiger partial charge in [0, 0.05) is 37.6 Å². The summed E-state index contributed by atoms with van der Waals surface area (Å²) in [6.07, 6.45) is 0. The number of nitrogens with zero attached hydrogens (tertiary/aromatic N) is 1. The fourth-order valence-corrected chi connectivity index (χ4v) is 3.96. The van der Waals surface area contributed by atoms with Gasteiger partial charge in [0.05, 0.1) is 18.1 Å². The van der Waals surface area contributed by atoms with Gasteiger partial charge in [-0.25, -0.2) is 0 Å². The maximum absolute atomic E-state index is 10.9. The maximum atomic E-state index is 10.9. The van der Waals surface area contributed by atoms with E-state index in [-0.39, 0.29) is 11.2 Å². The van der Waals surface area contributed by atoms with Crippen molar-refractivity contribution in [1.29, 1.82) is 0 Å². The molecule has 110 valence electrons. The molecule has 21 heavy (non-hydrogen) atoms. The fourth-order valence-electron chi connectivity index (χ4n) is 2.17. The summed E-state index contributed by atoms with van der Waals surface area (Å²) in [7, 11) is 0. The number of ether oxygens (including phenoxy) is 1. The first-order valence-electron chi connectivity index (χ1n) is 6.04. The molecule has 1 aromatic heterocycles. The molecule has 0 saturated carbocycles. The highest BCUT2D eigenvalue weighted by atomic mass is 79.9. The van der Waals surface area contributed by atoms with Gasteiger partial charge in [0.2, 0.25) is 0 Å². The number of nitro benzene ring substituents is 1. The van der Waals surface area contributed by atoms with E-state index in [1.54, 1.807) is 17.4 Å². The van der Waals surface area contributed by atoms with Crippen molar-refractivity contribution >= 4 is 50.2 Å². The van der Waals surface area contributed by atoms with Gasteiger partial charge >= 0.3 is 0 Å². The number of thiophene rings is 1. The lowest BCUT2D eigenvalue weighted by Crippen LogP contribution is -2.52. The third-order valence-electron chi connectivity index (χ3n) is 3.21. The molecule has 2 heterocycles. The van der Waals surface area contributed by atoms with E-state index >= 15 is 0 Å². The van der Waals surface area contributed by atoms with Gasteiger partial charge < -0.3 is 10.1 Å². The summed E-state index contributed by atoms with van der Waals surface area (Å²) < 4.78 is 6.35. The van der Waals surface area contributed by atoms with Crippen molar-refractivity contribution in [1.82, 2.24) is 0 Å². The highest BCUT2D eigenvalue weighted by Crippen LogP contribution is 2.39. The average Bonchev–Trinajstić information content (AvgIpc) is 2.80. The quantitative estimate of drug-likeness (QED) is 0.621. The van der Waals surface area contributed by atoms with Crippen molar-refractivity contribution in [2.75, 3.05) is 18.5 Å². The van der Waals surface area contributed by atoms with E-state index in [4.69, 9.17) is 16.3 Å². The van der Waals surface area contributed by atoms with Crippen molar-refractivity contribution in [2.45, 2.75) is 5.54 Å². The molecule has 5 nitrogen and oxygen atoms in total. The molecule has 1 aliphatic heterocycles. The molecule has 1 aromatic carbocycles. The second-order valence-electron chi connectivity index (χ2n) is 4.78. The highest BCUT2D eigenvalue weighted by Gasteiger charge is 2.41. The van der Waals surface area contributed by atoms with Gasteiger partial charge in [-0.05, 0) is 28.1 Å². The Balaban J connectivity index is 1.93. The largest absolute Gasteiger partial charge is 0.376 e. The molecule has 8 heteroatoms. The number of nitro groups is 1. The third-order valence-corrected chi connectivity index (χ3v) is 5.33. The zero-order valence-corrected chi connectivity index (χ0v) is 13.8. The fraction of sp³-hybridized carbons (Fsp3) is 0.231. The van der Waals surface area contributed by atoms with Crippen molar-refractivity contribution in [3.05, 3.63) is 54.1 Å². The first-order valence-corrected chi connectivity index (χ1v) is 8.09. The van der Waals surface area contributed by atoms with E-state index < -0.39 is 4.92 Å². The van der Waals surface area contributed by atoms with Crippen LogP contribution in [0, 0.1) is 10.1 Å². The summed E-state index contributed by atoms with van der Waals surface area (Å²) in [4.78, 5) is 11.6. The van der Waals surface area contributed by atoms with E-state index in [1.165, 1.54) is 12.1 Å². The lowest BCUT2D eigenvalue weighted by Gasteiger charge is -2.42. The van der Waals surface area contributed by atoms with Crippen molar-refractivity contribution in [3.8, 4) is 0 Å². The van der Waals surface area contributed by atoms with E-state index in [9.17, 15) is 10.1 Å². The summed E-state index contributed by atoms with van der Waals surface area (Å²) >= 11 is 11.0.